The first kappa shape index (κ1) is 22.9. The Labute approximate surface area is 193 Å². The molecule has 1 fully saturated rings. The number of unbranched alkanes of at least 4 members (excludes halogenated alkanes) is 2. The van der Waals surface area contributed by atoms with E-state index in [0.29, 0.717) is 11.8 Å². The van der Waals surface area contributed by atoms with Crippen molar-refractivity contribution in [1.82, 2.24) is 9.47 Å². The highest BCUT2D eigenvalue weighted by molar-refractivity contribution is 6.08. The van der Waals surface area contributed by atoms with Gasteiger partial charge in [0.15, 0.2) is 0 Å². The van der Waals surface area contributed by atoms with Crippen LogP contribution in [0.5, 0.6) is 5.75 Å². The molecule has 174 valence electrons. The molecule has 4 heteroatoms. The van der Waals surface area contributed by atoms with E-state index in [0.717, 1.165) is 48.3 Å². The van der Waals surface area contributed by atoms with E-state index in [1.807, 2.05) is 12.1 Å². The number of fused-ring (bicyclic) bond motifs is 1. The van der Waals surface area contributed by atoms with Gasteiger partial charge < -0.3 is 14.2 Å². The smallest absolute Gasteiger partial charge is 0.256 e. The number of methoxy groups -OCH3 is 1. The molecule has 1 aromatic carbocycles. The van der Waals surface area contributed by atoms with Crippen molar-refractivity contribution in [2.45, 2.75) is 77.7 Å². The lowest BCUT2D eigenvalue weighted by Crippen LogP contribution is -2.34. The van der Waals surface area contributed by atoms with Crippen LogP contribution in [0.15, 0.2) is 36.5 Å². The first-order chi connectivity index (χ1) is 15.7. The molecule has 1 aliphatic heterocycles. The number of nitrogens with zero attached hydrogens (tertiary/aromatic N) is 2. The number of hydrogen-bond acceptors (Lipinski definition) is 2. The van der Waals surface area contributed by atoms with Gasteiger partial charge in [0.25, 0.3) is 5.91 Å². The Morgan fingerprint density at radius 3 is 2.78 bits per heavy atom. The van der Waals surface area contributed by atoms with Gasteiger partial charge in [0.05, 0.1) is 18.2 Å². The van der Waals surface area contributed by atoms with Gasteiger partial charge >= 0.3 is 0 Å². The molecule has 2 heterocycles. The molecule has 4 nitrogen and oxygen atoms in total. The van der Waals surface area contributed by atoms with Gasteiger partial charge in [-0.3, -0.25) is 4.79 Å². The van der Waals surface area contributed by atoms with Gasteiger partial charge in [0, 0.05) is 31.2 Å². The quantitative estimate of drug-likeness (QED) is 0.336. The van der Waals surface area contributed by atoms with Crippen molar-refractivity contribution in [2.75, 3.05) is 20.2 Å². The third-order valence-corrected chi connectivity index (χ3v) is 7.39. The first-order valence-electron chi connectivity index (χ1n) is 12.8. The average molecular weight is 437 g/mol. The molecule has 4 rings (SSSR count). The zero-order chi connectivity index (χ0) is 22.3. The Morgan fingerprint density at radius 1 is 1.16 bits per heavy atom. The van der Waals surface area contributed by atoms with Crippen LogP contribution in [0.3, 0.4) is 0 Å². The van der Waals surface area contributed by atoms with E-state index in [1.165, 1.54) is 57.8 Å². The maximum Gasteiger partial charge on any atom is 0.256 e. The van der Waals surface area contributed by atoms with Gasteiger partial charge in [0.1, 0.15) is 5.75 Å². The van der Waals surface area contributed by atoms with Crippen molar-refractivity contribution in [2.24, 2.45) is 11.8 Å². The van der Waals surface area contributed by atoms with Crippen LogP contribution < -0.4 is 4.74 Å². The minimum atomic E-state index is 0.176. The molecule has 1 unspecified atom stereocenters. The molecule has 0 N–H and O–H groups in total. The summed E-state index contributed by atoms with van der Waals surface area (Å²) in [6, 6.07) is 6.13. The van der Waals surface area contributed by atoms with E-state index in [1.54, 1.807) is 7.11 Å². The van der Waals surface area contributed by atoms with Crippen LogP contribution in [-0.4, -0.2) is 35.6 Å². The molecular weight excluding hydrogens is 396 g/mol. The van der Waals surface area contributed by atoms with E-state index >= 15 is 0 Å². The fourth-order valence-corrected chi connectivity index (χ4v) is 5.61. The maximum atomic E-state index is 13.8. The van der Waals surface area contributed by atoms with Gasteiger partial charge in [-0.15, -0.1) is 0 Å². The molecule has 2 aromatic rings. The fourth-order valence-electron chi connectivity index (χ4n) is 5.61. The van der Waals surface area contributed by atoms with Crippen LogP contribution in [0.25, 0.3) is 10.9 Å². The van der Waals surface area contributed by atoms with Gasteiger partial charge in [0.2, 0.25) is 0 Å². The Morgan fingerprint density at radius 2 is 2.00 bits per heavy atom. The van der Waals surface area contributed by atoms with Crippen LogP contribution in [0.2, 0.25) is 0 Å². The second kappa shape index (κ2) is 11.1. The number of amides is 1. The Kier molecular flexibility index (Phi) is 7.94. The third kappa shape index (κ3) is 5.22. The standard InChI is InChI=1S/C28H40N2O2/c1-3-4-6-12-22-15-9-10-18-29(19-22)28(31)25-21-30(20-23-13-7-5-8-14-23)27-24(25)16-11-17-26(27)32-2/h9,11,15-17,21-23H,3-8,10,12-14,18-20H2,1-2H3. The van der Waals surface area contributed by atoms with Crippen molar-refractivity contribution >= 4 is 16.8 Å². The van der Waals surface area contributed by atoms with Crippen molar-refractivity contribution in [3.63, 3.8) is 0 Å². The zero-order valence-electron chi connectivity index (χ0n) is 20.0. The van der Waals surface area contributed by atoms with Crippen molar-refractivity contribution in [3.8, 4) is 5.75 Å². The largest absolute Gasteiger partial charge is 0.495 e. The summed E-state index contributed by atoms with van der Waals surface area (Å²) in [5.74, 6) is 2.21. The average Bonchev–Trinajstić information content (AvgIpc) is 3.02. The van der Waals surface area contributed by atoms with Crippen LogP contribution in [0.4, 0.5) is 0 Å². The predicted octanol–water partition coefficient (Wildman–Crippen LogP) is 6.83. The van der Waals surface area contributed by atoms with Crippen LogP contribution in [0.1, 0.15) is 81.5 Å². The molecule has 1 aromatic heterocycles. The van der Waals surface area contributed by atoms with E-state index in [4.69, 9.17) is 4.74 Å². The molecule has 1 saturated carbocycles. The summed E-state index contributed by atoms with van der Waals surface area (Å²) in [7, 11) is 1.73. The number of hydrogen-bond donors (Lipinski definition) is 0. The van der Waals surface area contributed by atoms with Crippen LogP contribution >= 0.6 is 0 Å². The molecule has 1 amide bonds. The zero-order valence-corrected chi connectivity index (χ0v) is 20.0. The predicted molar refractivity (Wildman–Crippen MR) is 132 cm³/mol. The molecule has 0 saturated heterocycles. The number of para-hydroxylation sites is 1. The second-order valence-corrected chi connectivity index (χ2v) is 9.78. The number of carbonyl (C=O) groups excluding carboxylic acids is 1. The fraction of sp³-hybridized carbons (Fsp3) is 0.607. The van der Waals surface area contributed by atoms with Gasteiger partial charge in [-0.2, -0.15) is 0 Å². The molecule has 1 aliphatic carbocycles. The van der Waals surface area contributed by atoms with E-state index < -0.39 is 0 Å². The second-order valence-electron chi connectivity index (χ2n) is 9.78. The molecule has 32 heavy (non-hydrogen) atoms. The maximum absolute atomic E-state index is 13.8. The minimum absolute atomic E-state index is 0.176. The SMILES string of the molecule is CCCCCC1C=CCCN(C(=O)c2cn(CC3CCCCC3)c3c(OC)cccc23)C1. The first-order valence-corrected chi connectivity index (χ1v) is 12.8. The molecule has 0 radical (unpaired) electrons. The van der Waals surface area contributed by atoms with E-state index in [2.05, 4.69) is 40.8 Å². The molecule has 0 spiro atoms. The van der Waals surface area contributed by atoms with Gasteiger partial charge in [-0.1, -0.05) is 69.7 Å². The summed E-state index contributed by atoms with van der Waals surface area (Å²) in [4.78, 5) is 15.9. The number of carbonyl (C=O) groups is 1. The third-order valence-electron chi connectivity index (χ3n) is 7.39. The lowest BCUT2D eigenvalue weighted by molar-refractivity contribution is 0.0745. The van der Waals surface area contributed by atoms with E-state index in [9.17, 15) is 4.79 Å². The highest BCUT2D eigenvalue weighted by Gasteiger charge is 2.26. The van der Waals surface area contributed by atoms with Crippen LogP contribution in [-0.2, 0) is 6.54 Å². The lowest BCUT2D eigenvalue weighted by Gasteiger charge is -2.24. The molecule has 0 bridgehead atoms. The summed E-state index contributed by atoms with van der Waals surface area (Å²) >= 11 is 0. The topological polar surface area (TPSA) is 34.5 Å². The summed E-state index contributed by atoms with van der Waals surface area (Å²) < 4.78 is 8.04. The Bertz CT molecular complexity index is 923. The number of benzene rings is 1. The molecular formula is C28H40N2O2. The lowest BCUT2D eigenvalue weighted by atomic mass is 9.89. The number of rotatable bonds is 8. The Balaban J connectivity index is 1.60. The minimum Gasteiger partial charge on any atom is -0.495 e. The summed E-state index contributed by atoms with van der Waals surface area (Å²) in [6.07, 6.45) is 19.2. The van der Waals surface area contributed by atoms with Crippen molar-refractivity contribution < 1.29 is 9.53 Å². The number of ether oxygens (including phenoxy) is 1. The van der Waals surface area contributed by atoms with Gasteiger partial charge in [-0.05, 0) is 43.6 Å². The van der Waals surface area contributed by atoms with Crippen LogP contribution in [0, 0.1) is 11.8 Å². The summed E-state index contributed by atoms with van der Waals surface area (Å²) in [5, 5.41) is 1.03. The normalized spacial score (nSPS) is 19.9. The van der Waals surface area contributed by atoms with Gasteiger partial charge in [-0.25, -0.2) is 0 Å². The molecule has 1 atom stereocenters. The highest BCUT2D eigenvalue weighted by Crippen LogP contribution is 2.34. The Hall–Kier alpha value is -2.23. The van der Waals surface area contributed by atoms with Crippen molar-refractivity contribution in [3.05, 3.63) is 42.1 Å². The monoisotopic (exact) mass is 436 g/mol. The highest BCUT2D eigenvalue weighted by atomic mass is 16.5. The summed E-state index contributed by atoms with van der Waals surface area (Å²) in [5.41, 5.74) is 1.92. The number of aromatic nitrogens is 1. The van der Waals surface area contributed by atoms with E-state index in [-0.39, 0.29) is 5.91 Å². The summed E-state index contributed by atoms with van der Waals surface area (Å²) in [6.45, 7) is 4.86. The van der Waals surface area contributed by atoms with Crippen molar-refractivity contribution in [1.29, 1.82) is 0 Å². The molecule has 2 aliphatic rings.